The van der Waals surface area contributed by atoms with Crippen molar-refractivity contribution in [2.24, 2.45) is 17.8 Å². The molecule has 4 rings (SSSR count). The molecule has 4 aliphatic rings. The first-order valence-corrected chi connectivity index (χ1v) is 5.12. The van der Waals surface area contributed by atoms with E-state index in [0.717, 1.165) is 6.42 Å². The van der Waals surface area contributed by atoms with Gasteiger partial charge < -0.3 is 9.84 Å². The molecule has 0 saturated heterocycles. The molecule has 0 aromatic carbocycles. The molecule has 5 atom stereocenters. The van der Waals surface area contributed by atoms with Crippen molar-refractivity contribution in [1.82, 2.24) is 0 Å². The number of rotatable bonds is 1. The molecule has 4 fully saturated rings. The van der Waals surface area contributed by atoms with Crippen molar-refractivity contribution < 1.29 is 9.84 Å². The van der Waals surface area contributed by atoms with Gasteiger partial charge >= 0.3 is 0 Å². The molecular weight excluding hydrogens is 164 g/mol. The van der Waals surface area contributed by atoms with Gasteiger partial charge in [0.05, 0.1) is 6.10 Å². The fourth-order valence-electron chi connectivity index (χ4n) is 4.02. The van der Waals surface area contributed by atoms with Gasteiger partial charge in [-0.25, -0.2) is 0 Å². The van der Waals surface area contributed by atoms with Crippen LogP contribution in [0.2, 0.25) is 0 Å². The maximum absolute atomic E-state index is 10.1. The van der Waals surface area contributed by atoms with E-state index in [1.807, 2.05) is 0 Å². The molecule has 0 heterocycles. The second-order valence-corrected chi connectivity index (χ2v) is 4.79. The van der Waals surface area contributed by atoms with Gasteiger partial charge in [0.1, 0.15) is 5.60 Å². The number of fused-ring (bicyclic) bond motifs is 1. The van der Waals surface area contributed by atoms with Crippen molar-refractivity contribution in [1.29, 1.82) is 0 Å². The van der Waals surface area contributed by atoms with Crippen molar-refractivity contribution >= 4 is 0 Å². The Morgan fingerprint density at radius 2 is 2.38 bits per heavy atom. The number of ether oxygens (including phenoxy) is 1. The first kappa shape index (κ1) is 8.01. The van der Waals surface area contributed by atoms with Gasteiger partial charge in [-0.05, 0) is 25.2 Å². The van der Waals surface area contributed by atoms with E-state index in [-0.39, 0.29) is 11.7 Å². The molecular formula is C11H16O2. The second kappa shape index (κ2) is 2.18. The molecule has 4 bridgehead atoms. The average Bonchev–Trinajstić information content (AvgIpc) is 2.53. The van der Waals surface area contributed by atoms with E-state index in [9.17, 15) is 5.11 Å². The van der Waals surface area contributed by atoms with Crippen LogP contribution in [-0.2, 0) is 4.74 Å². The number of hydrogen-bond acceptors (Lipinski definition) is 2. The Morgan fingerprint density at radius 1 is 1.62 bits per heavy atom. The SMILES string of the molecule is C=C1C2C3CCC(OC)(C1C3)C2O. The monoisotopic (exact) mass is 180 g/mol. The average molecular weight is 180 g/mol. The molecule has 0 radical (unpaired) electrons. The zero-order valence-corrected chi connectivity index (χ0v) is 7.99. The quantitative estimate of drug-likeness (QED) is 0.617. The Morgan fingerprint density at radius 3 is 2.92 bits per heavy atom. The summed E-state index contributed by atoms with van der Waals surface area (Å²) < 4.78 is 5.59. The van der Waals surface area contributed by atoms with Crippen LogP contribution in [-0.4, -0.2) is 23.9 Å². The van der Waals surface area contributed by atoms with E-state index < -0.39 is 0 Å². The van der Waals surface area contributed by atoms with Crippen LogP contribution in [0.5, 0.6) is 0 Å². The maximum atomic E-state index is 10.1. The third-order valence-electron chi connectivity index (χ3n) is 4.64. The number of methoxy groups -OCH3 is 1. The van der Waals surface area contributed by atoms with Crippen LogP contribution < -0.4 is 0 Å². The fourth-order valence-corrected chi connectivity index (χ4v) is 4.02. The predicted molar refractivity (Wildman–Crippen MR) is 49.2 cm³/mol. The predicted octanol–water partition coefficient (Wildman–Crippen LogP) is 1.35. The Kier molecular flexibility index (Phi) is 1.34. The molecule has 0 amide bonds. The Hall–Kier alpha value is -0.340. The second-order valence-electron chi connectivity index (χ2n) is 4.79. The molecule has 4 saturated carbocycles. The summed E-state index contributed by atoms with van der Waals surface area (Å²) >= 11 is 0. The summed E-state index contributed by atoms with van der Waals surface area (Å²) in [5, 5.41) is 10.1. The summed E-state index contributed by atoms with van der Waals surface area (Å²) in [7, 11) is 1.73. The lowest BCUT2D eigenvalue weighted by Crippen LogP contribution is -2.54. The highest BCUT2D eigenvalue weighted by atomic mass is 16.5. The van der Waals surface area contributed by atoms with Crippen LogP contribution in [0.25, 0.3) is 0 Å². The summed E-state index contributed by atoms with van der Waals surface area (Å²) in [4.78, 5) is 0. The van der Waals surface area contributed by atoms with E-state index in [0.29, 0.717) is 17.8 Å². The van der Waals surface area contributed by atoms with Crippen molar-refractivity contribution in [3.05, 3.63) is 12.2 Å². The van der Waals surface area contributed by atoms with Crippen LogP contribution in [0.15, 0.2) is 12.2 Å². The van der Waals surface area contributed by atoms with Gasteiger partial charge in [-0.2, -0.15) is 0 Å². The number of aliphatic hydroxyl groups excluding tert-OH is 1. The van der Waals surface area contributed by atoms with Gasteiger partial charge in [0, 0.05) is 18.9 Å². The standard InChI is InChI=1S/C11H16O2/c1-6-8-5-7-3-4-11(8,13-2)10(12)9(6)7/h7-10,12H,1,3-5H2,2H3. The first-order chi connectivity index (χ1) is 6.20. The third kappa shape index (κ3) is 0.658. The van der Waals surface area contributed by atoms with Gasteiger partial charge in [0.15, 0.2) is 0 Å². The summed E-state index contributed by atoms with van der Waals surface area (Å²) in [6, 6.07) is 0. The summed E-state index contributed by atoms with van der Waals surface area (Å²) in [5.41, 5.74) is 1.01. The molecule has 0 spiro atoms. The highest BCUT2D eigenvalue weighted by Gasteiger charge is 2.66. The fraction of sp³-hybridized carbons (Fsp3) is 0.818. The van der Waals surface area contributed by atoms with Crippen LogP contribution in [0.1, 0.15) is 19.3 Å². The zero-order chi connectivity index (χ0) is 9.22. The molecule has 0 aliphatic heterocycles. The third-order valence-corrected chi connectivity index (χ3v) is 4.64. The molecule has 1 N–H and O–H groups in total. The minimum Gasteiger partial charge on any atom is -0.389 e. The molecule has 72 valence electrons. The summed E-state index contributed by atoms with van der Waals surface area (Å²) in [5.74, 6) is 1.49. The van der Waals surface area contributed by atoms with E-state index in [4.69, 9.17) is 4.74 Å². The van der Waals surface area contributed by atoms with Crippen LogP contribution in [0, 0.1) is 17.8 Å². The lowest BCUT2D eigenvalue weighted by molar-refractivity contribution is -0.172. The molecule has 5 unspecified atom stereocenters. The van der Waals surface area contributed by atoms with Gasteiger partial charge in [-0.3, -0.25) is 0 Å². The van der Waals surface area contributed by atoms with E-state index in [2.05, 4.69) is 6.58 Å². The van der Waals surface area contributed by atoms with Crippen molar-refractivity contribution in [2.45, 2.75) is 31.0 Å². The summed E-state index contributed by atoms with van der Waals surface area (Å²) in [6.07, 6.45) is 3.16. The first-order valence-electron chi connectivity index (χ1n) is 5.12. The van der Waals surface area contributed by atoms with Crippen LogP contribution in [0.4, 0.5) is 0 Å². The van der Waals surface area contributed by atoms with Crippen LogP contribution in [0.3, 0.4) is 0 Å². The minimum atomic E-state index is -0.275. The van der Waals surface area contributed by atoms with Crippen molar-refractivity contribution in [2.75, 3.05) is 7.11 Å². The van der Waals surface area contributed by atoms with Gasteiger partial charge in [-0.15, -0.1) is 0 Å². The Balaban J connectivity index is 2.10. The van der Waals surface area contributed by atoms with Gasteiger partial charge in [0.25, 0.3) is 0 Å². The topological polar surface area (TPSA) is 29.5 Å². The van der Waals surface area contributed by atoms with E-state index in [1.165, 1.54) is 18.4 Å². The lowest BCUT2D eigenvalue weighted by Gasteiger charge is -2.47. The van der Waals surface area contributed by atoms with Crippen LogP contribution >= 0.6 is 0 Å². The van der Waals surface area contributed by atoms with Gasteiger partial charge in [0.2, 0.25) is 0 Å². The van der Waals surface area contributed by atoms with Crippen molar-refractivity contribution in [3.63, 3.8) is 0 Å². The molecule has 2 nitrogen and oxygen atoms in total. The Labute approximate surface area is 78.6 Å². The largest absolute Gasteiger partial charge is 0.389 e. The summed E-state index contributed by atoms with van der Waals surface area (Å²) in [6.45, 7) is 4.12. The maximum Gasteiger partial charge on any atom is 0.101 e. The Bertz CT molecular complexity index is 273. The lowest BCUT2D eigenvalue weighted by atomic mass is 9.66. The smallest absolute Gasteiger partial charge is 0.101 e. The molecule has 0 aromatic rings. The molecule has 4 aliphatic carbocycles. The molecule has 2 heteroatoms. The highest BCUT2D eigenvalue weighted by molar-refractivity contribution is 5.33. The molecule has 13 heavy (non-hydrogen) atoms. The molecule has 0 aromatic heterocycles. The highest BCUT2D eigenvalue weighted by Crippen LogP contribution is 2.64. The zero-order valence-electron chi connectivity index (χ0n) is 7.99. The van der Waals surface area contributed by atoms with Gasteiger partial charge in [-0.1, -0.05) is 12.2 Å². The minimum absolute atomic E-state index is 0.253. The van der Waals surface area contributed by atoms with Crippen molar-refractivity contribution in [3.8, 4) is 0 Å². The normalized spacial score (nSPS) is 57.8. The van der Waals surface area contributed by atoms with E-state index >= 15 is 0 Å². The van der Waals surface area contributed by atoms with E-state index in [1.54, 1.807) is 7.11 Å². The number of aliphatic hydroxyl groups is 1. The number of hydrogen-bond donors (Lipinski definition) is 1.